The van der Waals surface area contributed by atoms with Gasteiger partial charge < -0.3 is 14.7 Å². The summed E-state index contributed by atoms with van der Waals surface area (Å²) in [6.07, 6.45) is -0.836. The number of hydrogen-bond donors (Lipinski definition) is 1. The van der Waals surface area contributed by atoms with Crippen LogP contribution in [0.25, 0.3) is 0 Å². The number of ether oxygens (including phenoxy) is 1. The van der Waals surface area contributed by atoms with Crippen molar-refractivity contribution in [3.8, 4) is 0 Å². The molecular formula is C19H21NO4. The molecule has 1 unspecified atom stereocenters. The number of rotatable bonds is 7. The summed E-state index contributed by atoms with van der Waals surface area (Å²) >= 11 is 0. The Morgan fingerprint density at radius 2 is 1.58 bits per heavy atom. The van der Waals surface area contributed by atoms with Crippen LogP contribution in [0.5, 0.6) is 0 Å². The number of carbonyl (C=O) groups is 2. The number of methoxy groups -OCH3 is 1. The lowest BCUT2D eigenvalue weighted by molar-refractivity contribution is -0.155. The average Bonchev–Trinajstić information content (AvgIpc) is 2.61. The molecule has 0 heterocycles. The van der Waals surface area contributed by atoms with Crippen molar-refractivity contribution in [2.24, 2.45) is 0 Å². The molecule has 2 rings (SSSR count). The van der Waals surface area contributed by atoms with Crippen LogP contribution in [-0.2, 0) is 20.9 Å². The lowest BCUT2D eigenvalue weighted by Crippen LogP contribution is -2.45. The van der Waals surface area contributed by atoms with E-state index >= 15 is 0 Å². The van der Waals surface area contributed by atoms with E-state index in [1.807, 2.05) is 48.5 Å². The van der Waals surface area contributed by atoms with Crippen LogP contribution in [0.15, 0.2) is 60.7 Å². The van der Waals surface area contributed by atoms with Gasteiger partial charge in [0.15, 0.2) is 6.10 Å². The maximum Gasteiger partial charge on any atom is 0.326 e. The molecule has 1 amide bonds. The highest BCUT2D eigenvalue weighted by Gasteiger charge is 2.32. The lowest BCUT2D eigenvalue weighted by atomic mass is 10.1. The number of benzene rings is 2. The van der Waals surface area contributed by atoms with Crippen molar-refractivity contribution in [1.29, 1.82) is 0 Å². The second kappa shape index (κ2) is 8.26. The van der Waals surface area contributed by atoms with Crippen LogP contribution >= 0.6 is 0 Å². The summed E-state index contributed by atoms with van der Waals surface area (Å²) < 4.78 is 5.36. The molecule has 0 bridgehead atoms. The van der Waals surface area contributed by atoms with Crippen molar-refractivity contribution in [3.63, 3.8) is 0 Å². The molecule has 1 N–H and O–H groups in total. The van der Waals surface area contributed by atoms with E-state index in [9.17, 15) is 14.7 Å². The normalized spacial score (nSPS) is 13.1. The molecule has 5 heteroatoms. The van der Waals surface area contributed by atoms with E-state index in [-0.39, 0.29) is 12.5 Å². The van der Waals surface area contributed by atoms with Gasteiger partial charge in [-0.15, -0.1) is 0 Å². The second-order valence-electron chi connectivity index (χ2n) is 5.49. The van der Waals surface area contributed by atoms with Gasteiger partial charge in [-0.25, -0.2) is 4.79 Å². The van der Waals surface area contributed by atoms with Gasteiger partial charge in [0.2, 0.25) is 0 Å². The molecule has 2 aromatic carbocycles. The van der Waals surface area contributed by atoms with E-state index < -0.39 is 18.1 Å². The summed E-state index contributed by atoms with van der Waals surface area (Å²) in [7, 11) is 1.45. The molecule has 2 aromatic rings. The first kappa shape index (κ1) is 17.7. The monoisotopic (exact) mass is 327 g/mol. The molecule has 0 spiro atoms. The molecule has 126 valence electrons. The number of amides is 1. The van der Waals surface area contributed by atoms with Gasteiger partial charge in [-0.1, -0.05) is 60.7 Å². The molecule has 0 aromatic heterocycles. The van der Waals surface area contributed by atoms with E-state index in [2.05, 4.69) is 0 Å². The van der Waals surface area contributed by atoms with Gasteiger partial charge >= 0.3 is 5.97 Å². The van der Waals surface area contributed by atoms with Crippen molar-refractivity contribution < 1.29 is 19.4 Å². The quantitative estimate of drug-likeness (QED) is 0.849. The van der Waals surface area contributed by atoms with E-state index in [0.29, 0.717) is 5.56 Å². The Kier molecular flexibility index (Phi) is 6.09. The van der Waals surface area contributed by atoms with Crippen molar-refractivity contribution in [3.05, 3.63) is 71.8 Å². The second-order valence-corrected chi connectivity index (χ2v) is 5.49. The summed E-state index contributed by atoms with van der Waals surface area (Å²) in [6.45, 7) is 1.71. The molecule has 0 saturated carbocycles. The van der Waals surface area contributed by atoms with Crippen LogP contribution in [0.1, 0.15) is 24.2 Å². The minimum absolute atomic E-state index is 0.208. The Hall–Kier alpha value is -2.66. The highest BCUT2D eigenvalue weighted by Crippen LogP contribution is 2.22. The third kappa shape index (κ3) is 4.20. The topological polar surface area (TPSA) is 66.8 Å². The van der Waals surface area contributed by atoms with Crippen LogP contribution < -0.4 is 0 Å². The summed E-state index contributed by atoms with van der Waals surface area (Å²) in [5, 5.41) is 9.37. The Balaban J connectivity index is 2.31. The van der Waals surface area contributed by atoms with Crippen LogP contribution in [0.4, 0.5) is 0 Å². The van der Waals surface area contributed by atoms with E-state index in [0.717, 1.165) is 5.56 Å². The van der Waals surface area contributed by atoms with Crippen LogP contribution in [-0.4, -0.2) is 35.0 Å². The largest absolute Gasteiger partial charge is 0.480 e. The predicted octanol–water partition coefficient (Wildman–Crippen LogP) is 2.88. The zero-order valence-corrected chi connectivity index (χ0v) is 13.8. The fourth-order valence-electron chi connectivity index (χ4n) is 2.48. The first-order valence-corrected chi connectivity index (χ1v) is 7.69. The zero-order chi connectivity index (χ0) is 17.5. The fourth-order valence-corrected chi connectivity index (χ4v) is 2.48. The third-order valence-corrected chi connectivity index (χ3v) is 3.87. The van der Waals surface area contributed by atoms with Crippen molar-refractivity contribution in [1.82, 2.24) is 4.90 Å². The Morgan fingerprint density at radius 3 is 2.08 bits per heavy atom. The lowest BCUT2D eigenvalue weighted by Gasteiger charge is -2.30. The number of carbonyl (C=O) groups excluding carboxylic acids is 1. The molecule has 0 radical (unpaired) electrons. The van der Waals surface area contributed by atoms with Crippen molar-refractivity contribution in [2.45, 2.75) is 25.6 Å². The number of carboxylic acids is 1. The molecule has 2 atom stereocenters. The smallest absolute Gasteiger partial charge is 0.326 e. The first-order chi connectivity index (χ1) is 11.5. The molecule has 0 aliphatic carbocycles. The number of nitrogens with zero attached hydrogens (tertiary/aromatic N) is 1. The van der Waals surface area contributed by atoms with Crippen molar-refractivity contribution >= 4 is 11.9 Å². The molecule has 24 heavy (non-hydrogen) atoms. The van der Waals surface area contributed by atoms with E-state index in [1.165, 1.54) is 18.9 Å². The Bertz CT molecular complexity index is 672. The molecule has 0 fully saturated rings. The van der Waals surface area contributed by atoms with Crippen LogP contribution in [0.2, 0.25) is 0 Å². The number of hydrogen-bond acceptors (Lipinski definition) is 3. The SMILES string of the molecule is CO[C@@H](C(=O)N(Cc1ccccc1)C(C)C(=O)O)c1ccccc1. The predicted molar refractivity (Wildman–Crippen MR) is 90.3 cm³/mol. The van der Waals surface area contributed by atoms with E-state index in [4.69, 9.17) is 4.74 Å². The van der Waals surface area contributed by atoms with Gasteiger partial charge in [-0.2, -0.15) is 0 Å². The molecule has 0 aliphatic rings. The van der Waals surface area contributed by atoms with Crippen LogP contribution in [0, 0.1) is 0 Å². The summed E-state index contributed by atoms with van der Waals surface area (Å²) in [5.41, 5.74) is 1.56. The van der Waals surface area contributed by atoms with Gasteiger partial charge in [-0.05, 0) is 18.1 Å². The minimum atomic E-state index is -1.05. The van der Waals surface area contributed by atoms with E-state index in [1.54, 1.807) is 12.1 Å². The van der Waals surface area contributed by atoms with Gasteiger partial charge in [0.05, 0.1) is 0 Å². The summed E-state index contributed by atoms with van der Waals surface area (Å²) in [4.78, 5) is 25.7. The van der Waals surface area contributed by atoms with Crippen LogP contribution in [0.3, 0.4) is 0 Å². The fraction of sp³-hybridized carbons (Fsp3) is 0.263. The maximum atomic E-state index is 13.0. The van der Waals surface area contributed by atoms with Crippen molar-refractivity contribution in [2.75, 3.05) is 7.11 Å². The highest BCUT2D eigenvalue weighted by molar-refractivity contribution is 5.87. The van der Waals surface area contributed by atoms with Gasteiger partial charge in [-0.3, -0.25) is 4.79 Å². The first-order valence-electron chi connectivity index (χ1n) is 7.69. The van der Waals surface area contributed by atoms with Gasteiger partial charge in [0.1, 0.15) is 6.04 Å². The minimum Gasteiger partial charge on any atom is -0.480 e. The summed E-state index contributed by atoms with van der Waals surface area (Å²) in [6, 6.07) is 17.4. The Morgan fingerprint density at radius 1 is 1.04 bits per heavy atom. The van der Waals surface area contributed by atoms with Gasteiger partial charge in [0, 0.05) is 13.7 Å². The average molecular weight is 327 g/mol. The number of carboxylic acid groups (broad SMARTS) is 1. The molecule has 5 nitrogen and oxygen atoms in total. The summed E-state index contributed by atoms with van der Waals surface area (Å²) in [5.74, 6) is -1.43. The third-order valence-electron chi connectivity index (χ3n) is 3.87. The van der Waals surface area contributed by atoms with Gasteiger partial charge in [0.25, 0.3) is 5.91 Å². The molecular weight excluding hydrogens is 306 g/mol. The standard InChI is InChI=1S/C19H21NO4/c1-14(19(22)23)20(13-15-9-5-3-6-10-15)18(21)17(24-2)16-11-7-4-8-12-16/h3-12,14,17H,13H2,1-2H3,(H,22,23)/t14?,17-/m1/s1. The molecule has 0 aliphatic heterocycles. The highest BCUT2D eigenvalue weighted by atomic mass is 16.5. The molecule has 0 saturated heterocycles. The number of aliphatic carboxylic acids is 1. The zero-order valence-electron chi connectivity index (χ0n) is 13.8. The maximum absolute atomic E-state index is 13.0. The Labute approximate surface area is 141 Å².